The molecule has 2 rings (SSSR count). The number of hydrogen-bond acceptors (Lipinski definition) is 4. The minimum Gasteiger partial charge on any atom is -0.263 e. The maximum atomic E-state index is 13.2. The van der Waals surface area contributed by atoms with Gasteiger partial charge < -0.3 is 0 Å². The predicted octanol–water partition coefficient (Wildman–Crippen LogP) is 3.90. The third-order valence-corrected chi connectivity index (χ3v) is 5.96. The average Bonchev–Trinajstić information content (AvgIpc) is 2.55. The van der Waals surface area contributed by atoms with Crippen molar-refractivity contribution in [1.29, 1.82) is 0 Å². The zero-order valence-corrected chi connectivity index (χ0v) is 15.2. The second-order valence-electron chi connectivity index (χ2n) is 5.80. The van der Waals surface area contributed by atoms with Gasteiger partial charge in [-0.25, -0.2) is 8.42 Å². The molecule has 0 heterocycles. The van der Waals surface area contributed by atoms with Gasteiger partial charge in [0.25, 0.3) is 15.7 Å². The third-order valence-electron chi connectivity index (χ3n) is 4.02. The van der Waals surface area contributed by atoms with Crippen molar-refractivity contribution >= 4 is 21.4 Å². The molecular weight excluding hydrogens is 340 g/mol. The third kappa shape index (κ3) is 3.71. The van der Waals surface area contributed by atoms with E-state index in [2.05, 4.69) is 6.58 Å². The van der Waals surface area contributed by atoms with E-state index in [0.717, 1.165) is 17.2 Å². The number of nitro groups is 1. The van der Waals surface area contributed by atoms with Crippen molar-refractivity contribution in [2.45, 2.75) is 25.7 Å². The molecule has 7 heteroatoms. The van der Waals surface area contributed by atoms with Crippen molar-refractivity contribution in [2.75, 3.05) is 10.8 Å². The molecule has 0 aliphatic carbocycles. The van der Waals surface area contributed by atoms with Crippen LogP contribution in [0.2, 0.25) is 0 Å². The van der Waals surface area contributed by atoms with Crippen LogP contribution in [0, 0.1) is 30.9 Å². The van der Waals surface area contributed by atoms with E-state index in [0.29, 0.717) is 11.3 Å². The first kappa shape index (κ1) is 18.7. The number of hydrogen-bond donors (Lipinski definition) is 0. The van der Waals surface area contributed by atoms with Gasteiger partial charge in [0.05, 0.1) is 22.1 Å². The molecule has 0 radical (unpaired) electrons. The topological polar surface area (TPSA) is 80.5 Å². The molecule has 0 spiro atoms. The first-order valence-corrected chi connectivity index (χ1v) is 9.08. The van der Waals surface area contributed by atoms with E-state index in [4.69, 9.17) is 0 Å². The van der Waals surface area contributed by atoms with Crippen molar-refractivity contribution in [3.63, 3.8) is 0 Å². The smallest absolute Gasteiger partial charge is 0.263 e. The van der Waals surface area contributed by atoms with Gasteiger partial charge in [-0.1, -0.05) is 18.2 Å². The maximum absolute atomic E-state index is 13.2. The molecule has 2 aromatic rings. The van der Waals surface area contributed by atoms with E-state index in [1.165, 1.54) is 22.5 Å². The summed E-state index contributed by atoms with van der Waals surface area (Å²) in [6, 6.07) is 9.18. The fraction of sp³-hybridized carbons (Fsp3) is 0.222. The normalized spacial score (nSPS) is 11.2. The Balaban J connectivity index is 2.64. The Kier molecular flexibility index (Phi) is 5.27. The Labute approximate surface area is 147 Å². The molecule has 0 bridgehead atoms. The number of aryl methyl sites for hydroxylation is 3. The fourth-order valence-corrected chi connectivity index (χ4v) is 4.11. The Hall–Kier alpha value is -2.67. The summed E-state index contributed by atoms with van der Waals surface area (Å²) in [5.74, 6) is 0. The highest BCUT2D eigenvalue weighted by Crippen LogP contribution is 2.29. The minimum absolute atomic E-state index is 0.0625. The lowest BCUT2D eigenvalue weighted by Crippen LogP contribution is -2.31. The highest BCUT2D eigenvalue weighted by atomic mass is 32.2. The van der Waals surface area contributed by atoms with Crippen LogP contribution in [0.1, 0.15) is 16.7 Å². The lowest BCUT2D eigenvalue weighted by molar-refractivity contribution is -0.385. The molecule has 0 amide bonds. The number of nitro benzene ring substituents is 1. The molecule has 0 aliphatic heterocycles. The number of non-ortho nitro benzene ring substituents is 1. The van der Waals surface area contributed by atoms with Crippen molar-refractivity contribution in [3.8, 4) is 0 Å². The first-order chi connectivity index (χ1) is 11.7. The molecule has 0 atom stereocenters. The zero-order chi connectivity index (χ0) is 18.8. The molecule has 6 nitrogen and oxygen atoms in total. The number of nitrogens with zero attached hydrogens (tertiary/aromatic N) is 2. The Bertz CT molecular complexity index is 936. The molecule has 0 saturated carbocycles. The highest BCUT2D eigenvalue weighted by molar-refractivity contribution is 7.92. The van der Waals surface area contributed by atoms with Gasteiger partial charge in [-0.3, -0.25) is 14.4 Å². The summed E-state index contributed by atoms with van der Waals surface area (Å²) >= 11 is 0. The lowest BCUT2D eigenvalue weighted by atomic mass is 10.1. The number of anilines is 1. The molecule has 0 N–H and O–H groups in total. The molecule has 0 saturated heterocycles. The van der Waals surface area contributed by atoms with E-state index < -0.39 is 14.9 Å². The molecule has 0 unspecified atom stereocenters. The van der Waals surface area contributed by atoms with Crippen LogP contribution in [0.15, 0.2) is 53.9 Å². The summed E-state index contributed by atoms with van der Waals surface area (Å²) in [5.41, 5.74) is 2.68. The molecule has 25 heavy (non-hydrogen) atoms. The van der Waals surface area contributed by atoms with Crippen LogP contribution in [0.5, 0.6) is 0 Å². The van der Waals surface area contributed by atoms with Crippen molar-refractivity contribution in [1.82, 2.24) is 0 Å². The Morgan fingerprint density at radius 1 is 1.08 bits per heavy atom. The van der Waals surface area contributed by atoms with Crippen LogP contribution in [0.25, 0.3) is 0 Å². The summed E-state index contributed by atoms with van der Waals surface area (Å²) in [5, 5.41) is 11.0. The first-order valence-electron chi connectivity index (χ1n) is 7.64. The monoisotopic (exact) mass is 360 g/mol. The molecule has 0 aliphatic rings. The Morgan fingerprint density at radius 2 is 1.72 bits per heavy atom. The second kappa shape index (κ2) is 7.06. The van der Waals surface area contributed by atoms with Gasteiger partial charge in [0, 0.05) is 12.1 Å². The number of sulfonamides is 1. The van der Waals surface area contributed by atoms with Gasteiger partial charge in [-0.15, -0.1) is 6.58 Å². The summed E-state index contributed by atoms with van der Waals surface area (Å²) in [7, 11) is -3.97. The van der Waals surface area contributed by atoms with Gasteiger partial charge in [0.1, 0.15) is 0 Å². The van der Waals surface area contributed by atoms with Crippen LogP contribution in [-0.4, -0.2) is 19.9 Å². The van der Waals surface area contributed by atoms with Gasteiger partial charge in [-0.2, -0.15) is 0 Å². The van der Waals surface area contributed by atoms with Gasteiger partial charge in [0.2, 0.25) is 0 Å². The van der Waals surface area contributed by atoms with E-state index in [1.54, 1.807) is 19.1 Å². The van der Waals surface area contributed by atoms with Crippen LogP contribution < -0.4 is 4.31 Å². The van der Waals surface area contributed by atoms with Crippen LogP contribution in [0.3, 0.4) is 0 Å². The summed E-state index contributed by atoms with van der Waals surface area (Å²) < 4.78 is 27.5. The number of rotatable bonds is 6. The molecule has 0 fully saturated rings. The highest BCUT2D eigenvalue weighted by Gasteiger charge is 2.27. The van der Waals surface area contributed by atoms with Crippen molar-refractivity contribution in [3.05, 3.63) is 75.9 Å². The van der Waals surface area contributed by atoms with E-state index in [9.17, 15) is 18.5 Å². The number of benzene rings is 2. The van der Waals surface area contributed by atoms with Gasteiger partial charge in [0.15, 0.2) is 0 Å². The SMILES string of the molecule is C=CCN(c1ccc(C)c(C)c1)S(=O)(=O)c1cc([N+](=O)[O-])ccc1C. The summed E-state index contributed by atoms with van der Waals surface area (Å²) in [4.78, 5) is 10.3. The molecule has 0 aromatic heterocycles. The lowest BCUT2D eigenvalue weighted by Gasteiger charge is -2.24. The standard InChI is InChI=1S/C18H20N2O4S/c1-5-10-19(16-8-6-13(2)15(4)11-16)25(23,24)18-12-17(20(21)22)9-7-14(18)3/h5-9,11-12H,1,10H2,2-4H3. The van der Waals surface area contributed by atoms with E-state index in [-0.39, 0.29) is 17.1 Å². The van der Waals surface area contributed by atoms with Crippen LogP contribution in [0.4, 0.5) is 11.4 Å². The quantitative estimate of drug-likeness (QED) is 0.444. The Morgan fingerprint density at radius 3 is 2.28 bits per heavy atom. The molecular formula is C18H20N2O4S. The fourth-order valence-electron chi connectivity index (χ4n) is 2.44. The minimum atomic E-state index is -3.97. The summed E-state index contributed by atoms with van der Waals surface area (Å²) in [6.07, 6.45) is 1.49. The maximum Gasteiger partial charge on any atom is 0.270 e. The average molecular weight is 360 g/mol. The van der Waals surface area contributed by atoms with Crippen molar-refractivity contribution in [2.24, 2.45) is 0 Å². The van der Waals surface area contributed by atoms with Crippen LogP contribution >= 0.6 is 0 Å². The predicted molar refractivity (Wildman–Crippen MR) is 98.5 cm³/mol. The largest absolute Gasteiger partial charge is 0.270 e. The zero-order valence-electron chi connectivity index (χ0n) is 14.4. The van der Waals surface area contributed by atoms with Crippen molar-refractivity contribution < 1.29 is 13.3 Å². The van der Waals surface area contributed by atoms with Gasteiger partial charge >= 0.3 is 0 Å². The van der Waals surface area contributed by atoms with Crippen LogP contribution in [-0.2, 0) is 10.0 Å². The molecule has 2 aromatic carbocycles. The van der Waals surface area contributed by atoms with Gasteiger partial charge in [-0.05, 0) is 49.6 Å². The van der Waals surface area contributed by atoms with E-state index >= 15 is 0 Å². The molecule has 132 valence electrons. The summed E-state index contributed by atoms with van der Waals surface area (Å²) in [6.45, 7) is 9.14. The van der Waals surface area contributed by atoms with E-state index in [1.807, 2.05) is 19.9 Å². The second-order valence-corrected chi connectivity index (χ2v) is 7.63.